The van der Waals surface area contributed by atoms with Gasteiger partial charge in [-0.05, 0) is 40.5 Å². The fourth-order valence-electron chi connectivity index (χ4n) is 1.83. The van der Waals surface area contributed by atoms with Crippen molar-refractivity contribution in [2.24, 2.45) is 0 Å². The van der Waals surface area contributed by atoms with Gasteiger partial charge in [-0.15, -0.1) is 0 Å². The van der Waals surface area contributed by atoms with Crippen LogP contribution in [0.4, 0.5) is 0 Å². The molecule has 0 aromatic heterocycles. The van der Waals surface area contributed by atoms with Gasteiger partial charge in [-0.25, -0.2) is 0 Å². The van der Waals surface area contributed by atoms with Crippen LogP contribution < -0.4 is 14.2 Å². The first-order valence-electron chi connectivity index (χ1n) is 6.42. The molecule has 1 unspecified atom stereocenters. The van der Waals surface area contributed by atoms with Gasteiger partial charge >= 0.3 is 0 Å². The van der Waals surface area contributed by atoms with Crippen molar-refractivity contribution < 1.29 is 19.3 Å². The molecule has 0 amide bonds. The number of aliphatic hydroxyl groups excluding tert-OH is 1. The highest BCUT2D eigenvalue weighted by Crippen LogP contribution is 2.35. The molecule has 0 saturated heterocycles. The fourth-order valence-corrected chi connectivity index (χ4v) is 2.30. The third-order valence-corrected chi connectivity index (χ3v) is 3.61. The lowest BCUT2D eigenvalue weighted by atomic mass is 10.1. The first-order chi connectivity index (χ1) is 10.0. The molecule has 5 heteroatoms. The zero-order valence-electron chi connectivity index (χ0n) is 12.1. The van der Waals surface area contributed by atoms with Crippen LogP contribution in [-0.4, -0.2) is 19.3 Å². The van der Waals surface area contributed by atoms with Crippen LogP contribution in [0.25, 0.3) is 0 Å². The number of benzene rings is 2. The minimum Gasteiger partial charge on any atom is -0.496 e. The van der Waals surface area contributed by atoms with E-state index < -0.39 is 6.10 Å². The van der Waals surface area contributed by atoms with E-state index in [1.807, 2.05) is 12.1 Å². The quantitative estimate of drug-likeness (QED) is 0.870. The Bertz CT molecular complexity index is 603. The second-order valence-corrected chi connectivity index (χ2v) is 5.37. The Morgan fingerprint density at radius 3 is 2.00 bits per heavy atom. The number of methoxy groups -OCH3 is 2. The summed E-state index contributed by atoms with van der Waals surface area (Å²) >= 11 is 3.45. The van der Waals surface area contributed by atoms with E-state index in [-0.39, 0.29) is 0 Å². The summed E-state index contributed by atoms with van der Waals surface area (Å²) in [5, 5.41) is 9.57. The van der Waals surface area contributed by atoms with E-state index >= 15 is 0 Å². The zero-order chi connectivity index (χ0) is 15.4. The van der Waals surface area contributed by atoms with Gasteiger partial charge in [0.2, 0.25) is 0 Å². The second kappa shape index (κ2) is 6.83. The molecular formula is C16H17BrO4. The lowest BCUT2D eigenvalue weighted by molar-refractivity contribution is 0.199. The second-order valence-electron chi connectivity index (χ2n) is 4.52. The van der Waals surface area contributed by atoms with E-state index in [1.165, 1.54) is 0 Å². The number of halogens is 1. The van der Waals surface area contributed by atoms with Crippen molar-refractivity contribution in [3.8, 4) is 23.0 Å². The van der Waals surface area contributed by atoms with Crippen LogP contribution in [0.3, 0.4) is 0 Å². The highest BCUT2D eigenvalue weighted by molar-refractivity contribution is 9.10. The smallest absolute Gasteiger partial charge is 0.141 e. The molecule has 0 aliphatic rings. The van der Waals surface area contributed by atoms with Crippen LogP contribution in [-0.2, 0) is 0 Å². The van der Waals surface area contributed by atoms with Crippen LogP contribution >= 0.6 is 15.9 Å². The molecule has 112 valence electrons. The van der Waals surface area contributed by atoms with Gasteiger partial charge in [-0.3, -0.25) is 0 Å². The van der Waals surface area contributed by atoms with Crippen molar-refractivity contribution in [2.75, 3.05) is 14.2 Å². The van der Waals surface area contributed by atoms with Gasteiger partial charge in [0.15, 0.2) is 0 Å². The standard InChI is InChI=1S/C16H17BrO4/c1-10(18)11-4-5-16(15(17)6-11)21-14-8-12(19-2)7-13(9-14)20-3/h4-10,18H,1-3H3. The maximum absolute atomic E-state index is 9.57. The molecule has 1 atom stereocenters. The largest absolute Gasteiger partial charge is 0.496 e. The molecule has 0 aliphatic carbocycles. The molecule has 0 spiro atoms. The third-order valence-electron chi connectivity index (χ3n) is 2.99. The monoisotopic (exact) mass is 352 g/mol. The van der Waals surface area contributed by atoms with Crippen LogP contribution in [0.5, 0.6) is 23.0 Å². The van der Waals surface area contributed by atoms with Crippen molar-refractivity contribution >= 4 is 15.9 Å². The molecular weight excluding hydrogens is 336 g/mol. The SMILES string of the molecule is COc1cc(OC)cc(Oc2ccc(C(C)O)cc2Br)c1. The average molecular weight is 353 g/mol. The summed E-state index contributed by atoms with van der Waals surface area (Å²) in [6.45, 7) is 1.72. The third kappa shape index (κ3) is 3.89. The first kappa shape index (κ1) is 15.7. The van der Waals surface area contributed by atoms with Crippen LogP contribution in [0.2, 0.25) is 0 Å². The van der Waals surface area contributed by atoms with Gasteiger partial charge in [0, 0.05) is 18.2 Å². The Morgan fingerprint density at radius 1 is 0.952 bits per heavy atom. The topological polar surface area (TPSA) is 47.9 Å². The summed E-state index contributed by atoms with van der Waals surface area (Å²) in [4.78, 5) is 0. The Morgan fingerprint density at radius 2 is 1.52 bits per heavy atom. The first-order valence-corrected chi connectivity index (χ1v) is 7.21. The summed E-state index contributed by atoms with van der Waals surface area (Å²) in [5.74, 6) is 2.56. The molecule has 0 radical (unpaired) electrons. The maximum atomic E-state index is 9.57. The van der Waals surface area contributed by atoms with Gasteiger partial charge in [-0.1, -0.05) is 6.07 Å². The fraction of sp³-hybridized carbons (Fsp3) is 0.250. The summed E-state index contributed by atoms with van der Waals surface area (Å²) in [7, 11) is 3.18. The van der Waals surface area contributed by atoms with Crippen molar-refractivity contribution in [3.05, 3.63) is 46.4 Å². The molecule has 1 N–H and O–H groups in total. The van der Waals surface area contributed by atoms with Crippen LogP contribution in [0.15, 0.2) is 40.9 Å². The van der Waals surface area contributed by atoms with Crippen LogP contribution in [0.1, 0.15) is 18.6 Å². The van der Waals surface area contributed by atoms with E-state index in [4.69, 9.17) is 14.2 Å². The summed E-state index contributed by atoms with van der Waals surface area (Å²) in [5.41, 5.74) is 0.817. The molecule has 0 heterocycles. The molecule has 21 heavy (non-hydrogen) atoms. The molecule has 0 aliphatic heterocycles. The van der Waals surface area contributed by atoms with E-state index in [1.54, 1.807) is 45.4 Å². The van der Waals surface area contributed by atoms with Crippen molar-refractivity contribution in [3.63, 3.8) is 0 Å². The predicted octanol–water partition coefficient (Wildman–Crippen LogP) is 4.31. The number of aliphatic hydroxyl groups is 1. The zero-order valence-corrected chi connectivity index (χ0v) is 13.7. The average Bonchev–Trinajstić information content (AvgIpc) is 2.48. The normalized spacial score (nSPS) is 11.9. The molecule has 2 aromatic carbocycles. The molecule has 0 bridgehead atoms. The Labute approximate surface area is 132 Å². The van der Waals surface area contributed by atoms with Gasteiger partial charge < -0.3 is 19.3 Å². The molecule has 0 saturated carbocycles. The van der Waals surface area contributed by atoms with Gasteiger partial charge in [0.25, 0.3) is 0 Å². The molecule has 2 rings (SSSR count). The summed E-state index contributed by atoms with van der Waals surface area (Å²) in [6, 6.07) is 10.8. The lowest BCUT2D eigenvalue weighted by Crippen LogP contribution is -1.93. The number of rotatable bonds is 5. The highest BCUT2D eigenvalue weighted by Gasteiger charge is 2.09. The Hall–Kier alpha value is -1.72. The maximum Gasteiger partial charge on any atom is 0.141 e. The van der Waals surface area contributed by atoms with E-state index in [9.17, 15) is 5.11 Å². The van der Waals surface area contributed by atoms with E-state index in [0.717, 1.165) is 10.0 Å². The van der Waals surface area contributed by atoms with Crippen LogP contribution in [0, 0.1) is 0 Å². The minimum absolute atomic E-state index is 0.521. The van der Waals surface area contributed by atoms with Gasteiger partial charge in [0.05, 0.1) is 24.8 Å². The minimum atomic E-state index is -0.521. The van der Waals surface area contributed by atoms with E-state index in [2.05, 4.69) is 15.9 Å². The van der Waals surface area contributed by atoms with Crippen molar-refractivity contribution in [2.45, 2.75) is 13.0 Å². The highest BCUT2D eigenvalue weighted by atomic mass is 79.9. The lowest BCUT2D eigenvalue weighted by Gasteiger charge is -2.12. The number of hydrogen-bond donors (Lipinski definition) is 1. The van der Waals surface area contributed by atoms with E-state index in [0.29, 0.717) is 23.0 Å². The molecule has 0 fully saturated rings. The number of ether oxygens (including phenoxy) is 3. The number of hydrogen-bond acceptors (Lipinski definition) is 4. The Balaban J connectivity index is 2.29. The summed E-state index contributed by atoms with van der Waals surface area (Å²) in [6.07, 6.45) is -0.521. The molecule has 4 nitrogen and oxygen atoms in total. The summed E-state index contributed by atoms with van der Waals surface area (Å²) < 4.78 is 17.0. The molecule has 2 aromatic rings. The van der Waals surface area contributed by atoms with Gasteiger partial charge in [0.1, 0.15) is 23.0 Å². The Kier molecular flexibility index (Phi) is 5.09. The van der Waals surface area contributed by atoms with Crippen molar-refractivity contribution in [1.29, 1.82) is 0 Å². The predicted molar refractivity (Wildman–Crippen MR) is 84.4 cm³/mol. The van der Waals surface area contributed by atoms with Gasteiger partial charge in [-0.2, -0.15) is 0 Å². The van der Waals surface area contributed by atoms with Crippen molar-refractivity contribution in [1.82, 2.24) is 0 Å².